The number of aromatic amines is 1. The number of nitrogens with two attached hydrogens (primary N) is 1. The molecule has 0 aliphatic carbocycles. The zero-order valence-corrected chi connectivity index (χ0v) is 17.0. The van der Waals surface area contributed by atoms with Crippen LogP contribution in [0.1, 0.15) is 25.1 Å². The minimum absolute atomic E-state index is 0. The second kappa shape index (κ2) is 9.92. The topological polar surface area (TPSA) is 92.5 Å². The molecule has 0 saturated carbocycles. The van der Waals surface area contributed by atoms with E-state index < -0.39 is 0 Å². The summed E-state index contributed by atoms with van der Waals surface area (Å²) in [4.78, 5) is 15.9. The van der Waals surface area contributed by atoms with Crippen LogP contribution in [0.2, 0.25) is 5.28 Å². The Morgan fingerprint density at radius 3 is 2.54 bits per heavy atom. The van der Waals surface area contributed by atoms with Crippen LogP contribution < -0.4 is 11.1 Å². The first-order chi connectivity index (χ1) is 11.5. The van der Waals surface area contributed by atoms with Crippen molar-refractivity contribution in [2.75, 3.05) is 5.32 Å². The molecule has 0 saturated heterocycles. The lowest BCUT2D eigenvalue weighted by atomic mass is 10.0. The molecule has 0 aliphatic rings. The molecule has 1 unspecified atom stereocenters. The Morgan fingerprint density at radius 1 is 1.19 bits per heavy atom. The molecule has 142 valence electrons. The average molecular weight is 418 g/mol. The van der Waals surface area contributed by atoms with E-state index in [-0.39, 0.29) is 36.1 Å². The minimum Gasteiger partial charge on any atom is -0.365 e. The second-order valence-electron chi connectivity index (χ2n) is 6.22. The van der Waals surface area contributed by atoms with Crippen molar-refractivity contribution in [3.63, 3.8) is 0 Å². The van der Waals surface area contributed by atoms with Crippen molar-refractivity contribution in [2.45, 2.75) is 32.9 Å². The van der Waals surface area contributed by atoms with Gasteiger partial charge >= 0.3 is 0 Å². The molecule has 0 aliphatic heterocycles. The van der Waals surface area contributed by atoms with Gasteiger partial charge in [-0.15, -0.1) is 24.8 Å². The molecule has 6 nitrogen and oxygen atoms in total. The number of anilines is 1. The molecule has 0 fully saturated rings. The third-order valence-corrected chi connectivity index (χ3v) is 4.21. The number of halogens is 3. The van der Waals surface area contributed by atoms with E-state index in [1.54, 1.807) is 12.4 Å². The van der Waals surface area contributed by atoms with Gasteiger partial charge in [-0.05, 0) is 41.3 Å². The van der Waals surface area contributed by atoms with Crippen LogP contribution in [0.25, 0.3) is 11.0 Å². The van der Waals surface area contributed by atoms with E-state index >= 15 is 0 Å². The van der Waals surface area contributed by atoms with Gasteiger partial charge in [-0.1, -0.05) is 13.8 Å². The Labute approximate surface area is 170 Å². The summed E-state index contributed by atoms with van der Waals surface area (Å²) < 4.78 is 0. The van der Waals surface area contributed by atoms with E-state index in [2.05, 4.69) is 39.1 Å². The van der Waals surface area contributed by atoms with Gasteiger partial charge in [-0.2, -0.15) is 4.98 Å². The molecular weight excluding hydrogens is 395 g/mol. The van der Waals surface area contributed by atoms with Crippen LogP contribution in [0, 0.1) is 5.92 Å². The molecule has 26 heavy (non-hydrogen) atoms. The highest BCUT2D eigenvalue weighted by Gasteiger charge is 2.14. The fraction of sp³-hybridized carbons (Fsp3) is 0.353. The van der Waals surface area contributed by atoms with Gasteiger partial charge in [-0.3, -0.25) is 4.98 Å². The number of nitrogens with zero attached hydrogens (tertiary/aromatic N) is 3. The number of hydrogen-bond donors (Lipinski definition) is 3. The average Bonchev–Trinajstić information content (AvgIpc) is 2.95. The molecule has 0 aromatic carbocycles. The number of H-pyrrole nitrogens is 1. The molecule has 9 heteroatoms. The first-order valence-corrected chi connectivity index (χ1v) is 8.34. The van der Waals surface area contributed by atoms with E-state index in [1.807, 2.05) is 18.2 Å². The number of rotatable bonds is 6. The Morgan fingerprint density at radius 2 is 1.88 bits per heavy atom. The molecular formula is C17H23Cl3N6. The maximum absolute atomic E-state index is 6.17. The Hall–Kier alpha value is -1.60. The molecule has 3 aromatic rings. The van der Waals surface area contributed by atoms with E-state index in [9.17, 15) is 0 Å². The van der Waals surface area contributed by atoms with Gasteiger partial charge in [0, 0.05) is 37.1 Å². The van der Waals surface area contributed by atoms with Crippen LogP contribution in [0.3, 0.4) is 0 Å². The van der Waals surface area contributed by atoms with Gasteiger partial charge in [0.1, 0.15) is 11.5 Å². The van der Waals surface area contributed by atoms with Gasteiger partial charge < -0.3 is 16.0 Å². The lowest BCUT2D eigenvalue weighted by molar-refractivity contribution is 0.487. The zero-order chi connectivity index (χ0) is 17.1. The third-order valence-electron chi connectivity index (χ3n) is 4.04. The first kappa shape index (κ1) is 22.4. The summed E-state index contributed by atoms with van der Waals surface area (Å²) in [5.41, 5.74) is 9.04. The van der Waals surface area contributed by atoms with Crippen molar-refractivity contribution in [3.8, 4) is 0 Å². The summed E-state index contributed by atoms with van der Waals surface area (Å²) in [5, 5.41) is 4.45. The van der Waals surface area contributed by atoms with E-state index in [0.29, 0.717) is 18.3 Å². The number of hydrogen-bond acceptors (Lipinski definition) is 5. The van der Waals surface area contributed by atoms with E-state index in [4.69, 9.17) is 17.3 Å². The summed E-state index contributed by atoms with van der Waals surface area (Å²) in [6, 6.07) is 6.05. The lowest BCUT2D eigenvalue weighted by Crippen LogP contribution is -2.28. The largest absolute Gasteiger partial charge is 0.365 e. The van der Waals surface area contributed by atoms with Crippen LogP contribution >= 0.6 is 36.4 Å². The number of fused-ring (bicyclic) bond motifs is 1. The first-order valence-electron chi connectivity index (χ1n) is 7.96. The summed E-state index contributed by atoms with van der Waals surface area (Å²) in [6.07, 6.45) is 4.29. The van der Waals surface area contributed by atoms with Crippen LogP contribution in [-0.2, 0) is 13.0 Å². The number of pyridine rings is 1. The van der Waals surface area contributed by atoms with Crippen LogP contribution in [0.4, 0.5) is 5.82 Å². The van der Waals surface area contributed by atoms with Crippen LogP contribution in [0.15, 0.2) is 30.6 Å². The molecule has 4 N–H and O–H groups in total. The fourth-order valence-electron chi connectivity index (χ4n) is 2.46. The zero-order valence-electron chi connectivity index (χ0n) is 14.6. The van der Waals surface area contributed by atoms with Crippen molar-refractivity contribution in [1.82, 2.24) is 19.9 Å². The van der Waals surface area contributed by atoms with Gasteiger partial charge in [0.2, 0.25) is 5.28 Å². The van der Waals surface area contributed by atoms with Crippen molar-refractivity contribution >= 4 is 53.3 Å². The Bertz CT molecular complexity index is 822. The SMILES string of the molecule is CC(C)C(N)Cc1cc2c(NCc3ccncc3)nc(Cl)nc2[nH]1.Cl.Cl. The molecule has 1 atom stereocenters. The predicted octanol–water partition coefficient (Wildman–Crippen LogP) is 3.99. The Balaban J connectivity index is 0.00000169. The van der Waals surface area contributed by atoms with Gasteiger partial charge in [0.25, 0.3) is 0 Å². The molecule has 3 rings (SSSR count). The molecule has 0 spiro atoms. The van der Waals surface area contributed by atoms with Crippen LogP contribution in [-0.4, -0.2) is 26.0 Å². The summed E-state index contributed by atoms with van der Waals surface area (Å²) in [5.74, 6) is 1.12. The van der Waals surface area contributed by atoms with Gasteiger partial charge in [-0.25, -0.2) is 4.98 Å². The van der Waals surface area contributed by atoms with E-state index in [1.165, 1.54) is 0 Å². The molecule has 0 amide bonds. The smallest absolute Gasteiger partial charge is 0.226 e. The van der Waals surface area contributed by atoms with E-state index in [0.717, 1.165) is 28.7 Å². The summed E-state index contributed by atoms with van der Waals surface area (Å²) >= 11 is 6.05. The molecule has 0 radical (unpaired) electrons. The monoisotopic (exact) mass is 416 g/mol. The summed E-state index contributed by atoms with van der Waals surface area (Å²) in [6.45, 7) is 4.87. The number of nitrogens with one attached hydrogen (secondary N) is 2. The van der Waals surface area contributed by atoms with Crippen molar-refractivity contribution in [3.05, 3.63) is 47.1 Å². The summed E-state index contributed by atoms with van der Waals surface area (Å²) in [7, 11) is 0. The Kier molecular flexibility index (Phi) is 8.56. The molecule has 3 heterocycles. The van der Waals surface area contributed by atoms with Gasteiger partial charge in [0.15, 0.2) is 0 Å². The fourth-order valence-corrected chi connectivity index (χ4v) is 2.63. The van der Waals surface area contributed by atoms with Crippen LogP contribution in [0.5, 0.6) is 0 Å². The lowest BCUT2D eigenvalue weighted by Gasteiger charge is -2.13. The molecule has 3 aromatic heterocycles. The van der Waals surface area contributed by atoms with Crippen molar-refractivity contribution < 1.29 is 0 Å². The maximum atomic E-state index is 6.17. The normalized spacial score (nSPS) is 11.7. The highest BCUT2D eigenvalue weighted by molar-refractivity contribution is 6.28. The van der Waals surface area contributed by atoms with Gasteiger partial charge in [0.05, 0.1) is 5.39 Å². The minimum atomic E-state index is 0. The molecule has 0 bridgehead atoms. The second-order valence-corrected chi connectivity index (χ2v) is 6.56. The standard InChI is InChI=1S/C17H21ClN6.2ClH/c1-10(2)14(19)8-12-7-13-15(23-17(18)24-16(13)22-12)21-9-11-3-5-20-6-4-11;;/h3-7,10,14H,8-9,19H2,1-2H3,(H2,21,22,23,24);2*1H. The quantitative estimate of drug-likeness (QED) is 0.527. The predicted molar refractivity (Wildman–Crippen MR) is 111 cm³/mol. The van der Waals surface area contributed by atoms with Crippen molar-refractivity contribution in [1.29, 1.82) is 0 Å². The highest BCUT2D eigenvalue weighted by atomic mass is 35.5. The number of aromatic nitrogens is 4. The van der Waals surface area contributed by atoms with Crippen molar-refractivity contribution in [2.24, 2.45) is 11.7 Å². The maximum Gasteiger partial charge on any atom is 0.226 e. The highest BCUT2D eigenvalue weighted by Crippen LogP contribution is 2.24. The third kappa shape index (κ3) is 5.45.